The maximum atomic E-state index is 12.5. The van der Waals surface area contributed by atoms with E-state index < -0.39 is 0 Å². The first-order valence-corrected chi connectivity index (χ1v) is 13.1. The second kappa shape index (κ2) is 10.0. The van der Waals surface area contributed by atoms with Crippen molar-refractivity contribution < 1.29 is 9.59 Å². The van der Waals surface area contributed by atoms with Crippen LogP contribution in [0.3, 0.4) is 0 Å². The Balaban J connectivity index is 1.08. The fraction of sp³-hybridized carbons (Fsp3) is 0.308. The number of carbonyl (C=O) groups is 2. The summed E-state index contributed by atoms with van der Waals surface area (Å²) in [6.45, 7) is 2.86. The maximum absolute atomic E-state index is 12.5. The third kappa shape index (κ3) is 4.94. The van der Waals surface area contributed by atoms with E-state index in [9.17, 15) is 9.59 Å². The first kappa shape index (κ1) is 22.0. The van der Waals surface area contributed by atoms with Crippen molar-refractivity contribution in [3.05, 3.63) is 70.4 Å². The molecular formula is C26H27N3O2S2. The highest BCUT2D eigenvalue weighted by Crippen LogP contribution is 2.47. The summed E-state index contributed by atoms with van der Waals surface area (Å²) in [6.07, 6.45) is 2.28. The summed E-state index contributed by atoms with van der Waals surface area (Å²) in [5.74, 6) is 0.0209. The molecule has 0 spiro atoms. The van der Waals surface area contributed by atoms with Gasteiger partial charge in [0.2, 0.25) is 11.8 Å². The molecule has 1 aromatic heterocycles. The van der Waals surface area contributed by atoms with Crippen LogP contribution in [0.5, 0.6) is 0 Å². The minimum absolute atomic E-state index is 0.0495. The second-order valence-electron chi connectivity index (χ2n) is 8.33. The third-order valence-corrected chi connectivity index (χ3v) is 8.29. The molecule has 0 bridgehead atoms. The maximum Gasteiger partial charge on any atom is 0.223 e. The van der Waals surface area contributed by atoms with Crippen molar-refractivity contribution >= 4 is 46.3 Å². The predicted molar refractivity (Wildman–Crippen MR) is 134 cm³/mol. The number of carbonyl (C=O) groups excluding carboxylic acids is 2. The lowest BCUT2D eigenvalue weighted by atomic mass is 10.1. The number of nitrogens with one attached hydrogen (secondary N) is 1. The van der Waals surface area contributed by atoms with Crippen LogP contribution < -0.4 is 10.2 Å². The number of fused-ring (bicyclic) bond motifs is 3. The number of benzene rings is 2. The van der Waals surface area contributed by atoms with E-state index in [0.29, 0.717) is 13.1 Å². The molecule has 33 heavy (non-hydrogen) atoms. The molecule has 0 fully saturated rings. The molecule has 2 aliphatic heterocycles. The fourth-order valence-electron chi connectivity index (χ4n) is 4.42. The van der Waals surface area contributed by atoms with Crippen LogP contribution in [0.1, 0.15) is 29.7 Å². The van der Waals surface area contributed by atoms with Crippen molar-refractivity contribution in [1.82, 2.24) is 10.2 Å². The highest BCUT2D eigenvalue weighted by atomic mass is 32.2. The average Bonchev–Trinajstić information content (AvgIpc) is 3.32. The minimum atomic E-state index is -0.0495. The normalized spacial score (nSPS) is 14.3. The number of hydrogen-bond donors (Lipinski definition) is 1. The monoisotopic (exact) mass is 477 g/mol. The standard InChI is InChI=1S/C26H27N3O2S2/c30-25(10-11-26(31)28-16-12-22-19(18-28)13-17-32-22)27-14-5-15-29-20-6-1-3-8-23(20)33-24-9-4-2-7-21(24)29/h1-4,6-9,13,17H,5,10-12,14-16,18H2,(H,27,30). The molecule has 170 valence electrons. The minimum Gasteiger partial charge on any atom is -0.356 e. The zero-order valence-electron chi connectivity index (χ0n) is 18.5. The quantitative estimate of drug-likeness (QED) is 0.474. The molecule has 0 saturated carbocycles. The molecule has 0 unspecified atom stereocenters. The number of nitrogens with zero attached hydrogens (tertiary/aromatic N) is 2. The molecule has 2 aliphatic rings. The first-order chi connectivity index (χ1) is 16.2. The van der Waals surface area contributed by atoms with Gasteiger partial charge in [-0.05, 0) is 54.1 Å². The van der Waals surface area contributed by atoms with Crippen LogP contribution in [0.4, 0.5) is 11.4 Å². The van der Waals surface area contributed by atoms with E-state index in [1.54, 1.807) is 23.1 Å². The zero-order valence-corrected chi connectivity index (χ0v) is 20.1. The largest absolute Gasteiger partial charge is 0.356 e. The molecule has 0 radical (unpaired) electrons. The molecule has 5 nitrogen and oxygen atoms in total. The number of thiophene rings is 1. The Hall–Kier alpha value is -2.77. The van der Waals surface area contributed by atoms with Crippen LogP contribution in [-0.2, 0) is 22.6 Å². The topological polar surface area (TPSA) is 52.7 Å². The van der Waals surface area contributed by atoms with E-state index in [2.05, 4.69) is 70.2 Å². The van der Waals surface area contributed by atoms with Gasteiger partial charge in [0.1, 0.15) is 0 Å². The van der Waals surface area contributed by atoms with Crippen molar-refractivity contribution in [3.8, 4) is 0 Å². The molecule has 0 atom stereocenters. The Labute approximate surface area is 202 Å². The van der Waals surface area contributed by atoms with E-state index >= 15 is 0 Å². The van der Waals surface area contributed by atoms with Gasteiger partial charge in [-0.15, -0.1) is 11.3 Å². The van der Waals surface area contributed by atoms with Crippen LogP contribution >= 0.6 is 23.1 Å². The summed E-state index contributed by atoms with van der Waals surface area (Å²) < 4.78 is 0. The van der Waals surface area contributed by atoms with Crippen molar-refractivity contribution in [1.29, 1.82) is 0 Å². The lowest BCUT2D eigenvalue weighted by molar-refractivity contribution is -0.134. The van der Waals surface area contributed by atoms with Crippen molar-refractivity contribution in [2.45, 2.75) is 42.0 Å². The summed E-state index contributed by atoms with van der Waals surface area (Å²) in [5.41, 5.74) is 3.69. The number of rotatable bonds is 7. The fourth-order valence-corrected chi connectivity index (χ4v) is 6.40. The molecule has 5 rings (SSSR count). The average molecular weight is 478 g/mol. The molecule has 0 saturated heterocycles. The van der Waals surface area contributed by atoms with Gasteiger partial charge in [-0.25, -0.2) is 0 Å². The van der Waals surface area contributed by atoms with Crippen molar-refractivity contribution in [2.24, 2.45) is 0 Å². The van der Waals surface area contributed by atoms with Crippen LogP contribution in [0.2, 0.25) is 0 Å². The molecule has 7 heteroatoms. The van der Waals surface area contributed by atoms with Gasteiger partial charge in [0.15, 0.2) is 0 Å². The van der Waals surface area contributed by atoms with Gasteiger partial charge in [0, 0.05) is 53.7 Å². The van der Waals surface area contributed by atoms with Crippen molar-refractivity contribution in [2.75, 3.05) is 24.5 Å². The van der Waals surface area contributed by atoms with Gasteiger partial charge in [-0.2, -0.15) is 0 Å². The van der Waals surface area contributed by atoms with Crippen LogP contribution in [-0.4, -0.2) is 36.3 Å². The van der Waals surface area contributed by atoms with Crippen LogP contribution in [0, 0.1) is 0 Å². The third-order valence-electron chi connectivity index (χ3n) is 6.14. The van der Waals surface area contributed by atoms with Crippen LogP contribution in [0.25, 0.3) is 0 Å². The molecule has 2 aromatic carbocycles. The van der Waals surface area contributed by atoms with Gasteiger partial charge in [0.05, 0.1) is 11.4 Å². The second-order valence-corrected chi connectivity index (χ2v) is 10.4. The van der Waals surface area contributed by atoms with Crippen molar-refractivity contribution in [3.63, 3.8) is 0 Å². The Morgan fingerprint density at radius 2 is 1.67 bits per heavy atom. The first-order valence-electron chi connectivity index (χ1n) is 11.4. The molecule has 2 amide bonds. The number of para-hydroxylation sites is 2. The number of amides is 2. The number of anilines is 2. The van der Waals surface area contributed by atoms with E-state index in [0.717, 1.165) is 25.9 Å². The van der Waals surface area contributed by atoms with E-state index in [1.165, 1.54) is 31.6 Å². The molecule has 0 aliphatic carbocycles. The summed E-state index contributed by atoms with van der Waals surface area (Å²) >= 11 is 3.57. The Morgan fingerprint density at radius 3 is 2.42 bits per heavy atom. The molecular weight excluding hydrogens is 450 g/mol. The smallest absolute Gasteiger partial charge is 0.223 e. The highest BCUT2D eigenvalue weighted by molar-refractivity contribution is 7.99. The molecule has 3 aromatic rings. The lowest BCUT2D eigenvalue weighted by Gasteiger charge is -2.32. The van der Waals surface area contributed by atoms with Crippen LogP contribution in [0.15, 0.2) is 69.8 Å². The van der Waals surface area contributed by atoms with Gasteiger partial charge in [0.25, 0.3) is 0 Å². The predicted octanol–water partition coefficient (Wildman–Crippen LogP) is 5.22. The van der Waals surface area contributed by atoms with E-state index in [4.69, 9.17) is 0 Å². The lowest BCUT2D eigenvalue weighted by Crippen LogP contribution is -2.36. The number of hydrogen-bond acceptors (Lipinski definition) is 5. The Bertz CT molecular complexity index is 1110. The molecule has 1 N–H and O–H groups in total. The van der Waals surface area contributed by atoms with Gasteiger partial charge in [-0.1, -0.05) is 36.0 Å². The SMILES string of the molecule is O=C(CCC(=O)N1CCc2sccc2C1)NCCCN1c2ccccc2Sc2ccccc21. The Morgan fingerprint density at radius 1 is 0.939 bits per heavy atom. The van der Waals surface area contributed by atoms with E-state index in [1.807, 2.05) is 4.90 Å². The summed E-state index contributed by atoms with van der Waals surface area (Å²) in [7, 11) is 0. The summed E-state index contributed by atoms with van der Waals surface area (Å²) in [5, 5.41) is 5.09. The summed E-state index contributed by atoms with van der Waals surface area (Å²) in [6, 6.07) is 19.0. The van der Waals surface area contributed by atoms with Gasteiger partial charge < -0.3 is 15.1 Å². The zero-order chi connectivity index (χ0) is 22.6. The highest BCUT2D eigenvalue weighted by Gasteiger charge is 2.23. The van der Waals surface area contributed by atoms with Gasteiger partial charge in [-0.3, -0.25) is 9.59 Å². The van der Waals surface area contributed by atoms with Gasteiger partial charge >= 0.3 is 0 Å². The summed E-state index contributed by atoms with van der Waals surface area (Å²) in [4.78, 5) is 33.0. The Kier molecular flexibility index (Phi) is 6.69. The van der Waals surface area contributed by atoms with E-state index in [-0.39, 0.29) is 24.7 Å². The molecule has 3 heterocycles.